The monoisotopic (exact) mass is 246 g/mol. The maximum absolute atomic E-state index is 10.8. The molecule has 1 unspecified atom stereocenters. The van der Waals surface area contributed by atoms with Crippen molar-refractivity contribution in [3.05, 3.63) is 23.4 Å². The van der Waals surface area contributed by atoms with E-state index in [9.17, 15) is 4.79 Å². The number of anilines is 1. The lowest BCUT2D eigenvalue weighted by molar-refractivity contribution is 0.155. The second-order valence-corrected chi connectivity index (χ2v) is 4.32. The van der Waals surface area contributed by atoms with Crippen molar-refractivity contribution in [2.24, 2.45) is 0 Å². The fourth-order valence-corrected chi connectivity index (χ4v) is 2.00. The third kappa shape index (κ3) is 2.51. The Labute approximate surface area is 105 Å². The molecule has 94 valence electrons. The summed E-state index contributed by atoms with van der Waals surface area (Å²) in [7, 11) is 0. The largest absolute Gasteiger partial charge is 0.465 e. The van der Waals surface area contributed by atoms with Crippen molar-refractivity contribution in [2.75, 3.05) is 18.4 Å². The number of likely N-dealkylation sites (tertiary alicyclic amines) is 1. The van der Waals surface area contributed by atoms with E-state index in [2.05, 4.69) is 16.4 Å². The molecule has 6 nitrogen and oxygen atoms in total. The number of carbonyl (C=O) groups is 1. The van der Waals surface area contributed by atoms with Gasteiger partial charge in [0.15, 0.2) is 0 Å². The summed E-state index contributed by atoms with van der Waals surface area (Å²) in [6, 6.07) is 5.59. The highest BCUT2D eigenvalue weighted by Crippen LogP contribution is 2.18. The van der Waals surface area contributed by atoms with Crippen LogP contribution in [0.15, 0.2) is 12.1 Å². The average molecular weight is 246 g/mol. The molecule has 1 amide bonds. The molecule has 1 aromatic heterocycles. The zero-order valence-corrected chi connectivity index (χ0v) is 10.1. The molecule has 0 bridgehead atoms. The van der Waals surface area contributed by atoms with Crippen molar-refractivity contribution in [1.82, 2.24) is 9.88 Å². The van der Waals surface area contributed by atoms with E-state index in [1.54, 1.807) is 12.1 Å². The molecule has 1 saturated heterocycles. The van der Waals surface area contributed by atoms with Crippen molar-refractivity contribution in [2.45, 2.75) is 19.4 Å². The van der Waals surface area contributed by atoms with Crippen LogP contribution in [0, 0.1) is 18.3 Å². The number of aromatic nitrogens is 1. The average Bonchev–Trinajstić information content (AvgIpc) is 2.78. The maximum atomic E-state index is 10.8. The highest BCUT2D eigenvalue weighted by molar-refractivity contribution is 5.65. The first-order valence-electron chi connectivity index (χ1n) is 5.72. The first-order chi connectivity index (χ1) is 8.60. The minimum Gasteiger partial charge on any atom is -0.465 e. The third-order valence-corrected chi connectivity index (χ3v) is 2.95. The summed E-state index contributed by atoms with van der Waals surface area (Å²) in [5, 5.41) is 21.0. The first kappa shape index (κ1) is 12.2. The Morgan fingerprint density at radius 3 is 3.06 bits per heavy atom. The zero-order chi connectivity index (χ0) is 13.1. The zero-order valence-electron chi connectivity index (χ0n) is 10.1. The van der Waals surface area contributed by atoms with E-state index >= 15 is 0 Å². The van der Waals surface area contributed by atoms with Gasteiger partial charge in [-0.25, -0.2) is 9.78 Å². The van der Waals surface area contributed by atoms with E-state index in [4.69, 9.17) is 10.4 Å². The molecular weight excluding hydrogens is 232 g/mol. The van der Waals surface area contributed by atoms with Crippen LogP contribution in [0.1, 0.15) is 17.7 Å². The van der Waals surface area contributed by atoms with Crippen LogP contribution in [0.25, 0.3) is 0 Å². The van der Waals surface area contributed by atoms with Crippen molar-refractivity contribution < 1.29 is 9.90 Å². The molecule has 1 aliphatic heterocycles. The number of nitrogens with zero attached hydrogens (tertiary/aromatic N) is 3. The van der Waals surface area contributed by atoms with Crippen LogP contribution in [0.2, 0.25) is 0 Å². The summed E-state index contributed by atoms with van der Waals surface area (Å²) in [6.45, 7) is 2.79. The molecule has 0 saturated carbocycles. The number of aryl methyl sites for hydroxylation is 1. The van der Waals surface area contributed by atoms with Crippen LogP contribution in [-0.4, -0.2) is 40.2 Å². The lowest BCUT2D eigenvalue weighted by Crippen LogP contribution is -2.30. The number of nitriles is 1. The SMILES string of the molecule is Cc1ccc(C#N)c(NC2CCN(C(=O)O)C2)n1. The van der Waals surface area contributed by atoms with E-state index in [1.165, 1.54) is 4.90 Å². The molecule has 18 heavy (non-hydrogen) atoms. The highest BCUT2D eigenvalue weighted by atomic mass is 16.4. The minimum absolute atomic E-state index is 0.0162. The second-order valence-electron chi connectivity index (χ2n) is 4.32. The summed E-state index contributed by atoms with van der Waals surface area (Å²) >= 11 is 0. The Kier molecular flexibility index (Phi) is 3.33. The molecule has 0 radical (unpaired) electrons. The molecule has 0 aliphatic carbocycles. The number of hydrogen-bond acceptors (Lipinski definition) is 4. The third-order valence-electron chi connectivity index (χ3n) is 2.95. The predicted molar refractivity (Wildman–Crippen MR) is 65.3 cm³/mol. The number of nitrogens with one attached hydrogen (secondary N) is 1. The Balaban J connectivity index is 2.09. The van der Waals surface area contributed by atoms with Gasteiger partial charge in [0, 0.05) is 24.8 Å². The van der Waals surface area contributed by atoms with Gasteiger partial charge in [-0.2, -0.15) is 5.26 Å². The summed E-state index contributed by atoms with van der Waals surface area (Å²) in [5.41, 5.74) is 1.30. The van der Waals surface area contributed by atoms with Crippen molar-refractivity contribution in [3.8, 4) is 6.07 Å². The lowest BCUT2D eigenvalue weighted by Gasteiger charge is -2.15. The van der Waals surface area contributed by atoms with Gasteiger partial charge in [-0.1, -0.05) is 0 Å². The Bertz CT molecular complexity index is 509. The van der Waals surface area contributed by atoms with Gasteiger partial charge in [0.05, 0.1) is 5.56 Å². The van der Waals surface area contributed by atoms with Gasteiger partial charge in [0.2, 0.25) is 0 Å². The first-order valence-corrected chi connectivity index (χ1v) is 5.72. The van der Waals surface area contributed by atoms with Crippen LogP contribution >= 0.6 is 0 Å². The van der Waals surface area contributed by atoms with Crippen LogP contribution in [0.5, 0.6) is 0 Å². The Morgan fingerprint density at radius 1 is 1.67 bits per heavy atom. The molecule has 2 rings (SSSR count). The number of amides is 1. The smallest absolute Gasteiger partial charge is 0.407 e. The quantitative estimate of drug-likeness (QED) is 0.823. The van der Waals surface area contributed by atoms with Crippen molar-refractivity contribution in [1.29, 1.82) is 5.26 Å². The molecule has 0 aromatic carbocycles. The topological polar surface area (TPSA) is 89.2 Å². The fourth-order valence-electron chi connectivity index (χ4n) is 2.00. The normalized spacial score (nSPS) is 18.4. The van der Waals surface area contributed by atoms with Gasteiger partial charge < -0.3 is 15.3 Å². The van der Waals surface area contributed by atoms with Gasteiger partial charge in [-0.05, 0) is 25.5 Å². The number of pyridine rings is 1. The summed E-state index contributed by atoms with van der Waals surface area (Å²) < 4.78 is 0. The fraction of sp³-hybridized carbons (Fsp3) is 0.417. The Morgan fingerprint density at radius 2 is 2.44 bits per heavy atom. The molecule has 2 heterocycles. The van der Waals surface area contributed by atoms with Gasteiger partial charge >= 0.3 is 6.09 Å². The van der Waals surface area contributed by atoms with E-state index < -0.39 is 6.09 Å². The van der Waals surface area contributed by atoms with Gasteiger partial charge in [0.1, 0.15) is 11.9 Å². The molecule has 1 aliphatic rings. The Hall–Kier alpha value is -2.29. The number of carboxylic acid groups (broad SMARTS) is 1. The molecule has 1 atom stereocenters. The van der Waals surface area contributed by atoms with Crippen LogP contribution < -0.4 is 5.32 Å². The summed E-state index contributed by atoms with van der Waals surface area (Å²) in [4.78, 5) is 16.4. The standard InChI is InChI=1S/C12H14N4O2/c1-8-2-3-9(6-13)11(14-8)15-10-4-5-16(7-10)12(17)18/h2-3,10H,4-5,7H2,1H3,(H,14,15)(H,17,18). The van der Waals surface area contributed by atoms with Gasteiger partial charge in [0.25, 0.3) is 0 Å². The van der Waals surface area contributed by atoms with E-state index in [1.807, 2.05) is 6.92 Å². The predicted octanol–water partition coefficient (Wildman–Crippen LogP) is 1.43. The van der Waals surface area contributed by atoms with Crippen LogP contribution in [0.4, 0.5) is 10.6 Å². The second kappa shape index (κ2) is 4.92. The molecular formula is C12H14N4O2. The highest BCUT2D eigenvalue weighted by Gasteiger charge is 2.26. The van der Waals surface area contributed by atoms with Crippen LogP contribution in [-0.2, 0) is 0 Å². The number of hydrogen-bond donors (Lipinski definition) is 2. The maximum Gasteiger partial charge on any atom is 0.407 e. The van der Waals surface area contributed by atoms with Crippen molar-refractivity contribution in [3.63, 3.8) is 0 Å². The number of rotatable bonds is 2. The van der Waals surface area contributed by atoms with E-state index in [-0.39, 0.29) is 6.04 Å². The van der Waals surface area contributed by atoms with Crippen LogP contribution in [0.3, 0.4) is 0 Å². The van der Waals surface area contributed by atoms with Gasteiger partial charge in [-0.15, -0.1) is 0 Å². The van der Waals surface area contributed by atoms with Gasteiger partial charge in [-0.3, -0.25) is 0 Å². The lowest BCUT2D eigenvalue weighted by atomic mass is 10.2. The van der Waals surface area contributed by atoms with E-state index in [0.29, 0.717) is 24.5 Å². The minimum atomic E-state index is -0.906. The molecule has 0 spiro atoms. The molecule has 6 heteroatoms. The molecule has 1 aromatic rings. The van der Waals surface area contributed by atoms with E-state index in [0.717, 1.165) is 12.1 Å². The summed E-state index contributed by atoms with van der Waals surface area (Å²) in [6.07, 6.45) is -0.177. The molecule has 2 N–H and O–H groups in total. The molecule has 1 fully saturated rings. The van der Waals surface area contributed by atoms with Crippen molar-refractivity contribution >= 4 is 11.9 Å². The summed E-state index contributed by atoms with van der Waals surface area (Å²) in [5.74, 6) is 0.537.